The van der Waals surface area contributed by atoms with Crippen molar-refractivity contribution in [2.75, 3.05) is 31.5 Å². The van der Waals surface area contributed by atoms with Crippen LogP contribution in [0.4, 0.5) is 5.82 Å². The molecule has 0 fully saturated rings. The predicted molar refractivity (Wildman–Crippen MR) is 131 cm³/mol. The fraction of sp³-hybridized carbons (Fsp3) is 0.423. The highest BCUT2D eigenvalue weighted by Gasteiger charge is 2.25. The van der Waals surface area contributed by atoms with Gasteiger partial charge in [0.2, 0.25) is 5.91 Å². The Kier molecular flexibility index (Phi) is 8.60. The number of benzene rings is 2. The summed E-state index contributed by atoms with van der Waals surface area (Å²) in [5, 5.41) is 8.62. The molecule has 3 aromatic rings. The Morgan fingerprint density at radius 3 is 2.45 bits per heavy atom. The third-order valence-electron chi connectivity index (χ3n) is 5.99. The molecule has 0 aliphatic rings. The average Bonchev–Trinajstić information content (AvgIpc) is 3.23. The van der Waals surface area contributed by atoms with E-state index in [9.17, 15) is 9.59 Å². The summed E-state index contributed by atoms with van der Waals surface area (Å²) in [6.07, 6.45) is 1.76. The highest BCUT2D eigenvalue weighted by Crippen LogP contribution is 2.19. The fourth-order valence-corrected chi connectivity index (χ4v) is 3.98. The van der Waals surface area contributed by atoms with Gasteiger partial charge in [0.05, 0.1) is 0 Å². The summed E-state index contributed by atoms with van der Waals surface area (Å²) < 4.78 is 5.02. The second-order valence-electron chi connectivity index (χ2n) is 8.38. The van der Waals surface area contributed by atoms with Gasteiger partial charge in [-0.3, -0.25) is 9.59 Å². The highest BCUT2D eigenvalue weighted by atomic mass is 16.5. The van der Waals surface area contributed by atoms with Crippen molar-refractivity contribution in [3.05, 3.63) is 59.9 Å². The van der Waals surface area contributed by atoms with E-state index in [4.69, 9.17) is 4.52 Å². The van der Waals surface area contributed by atoms with Crippen LogP contribution in [-0.4, -0.2) is 59.0 Å². The van der Waals surface area contributed by atoms with Crippen LogP contribution in [0.2, 0.25) is 0 Å². The van der Waals surface area contributed by atoms with Crippen LogP contribution in [0.1, 0.15) is 49.7 Å². The molecule has 1 N–H and O–H groups in total. The number of aryl methyl sites for hydroxylation is 1. The number of aromatic nitrogens is 1. The third kappa shape index (κ3) is 6.65. The summed E-state index contributed by atoms with van der Waals surface area (Å²) in [6, 6.07) is 15.2. The van der Waals surface area contributed by atoms with Crippen molar-refractivity contribution in [3.8, 4) is 0 Å². The lowest BCUT2D eigenvalue weighted by Crippen LogP contribution is -2.44. The molecular weight excluding hydrogens is 416 g/mol. The fourth-order valence-electron chi connectivity index (χ4n) is 3.98. The molecule has 1 aromatic heterocycles. The van der Waals surface area contributed by atoms with Gasteiger partial charge in [-0.05, 0) is 69.2 Å². The lowest BCUT2D eigenvalue weighted by Gasteiger charge is -2.29. The minimum Gasteiger partial charge on any atom is -0.360 e. The second-order valence-corrected chi connectivity index (χ2v) is 8.38. The Bertz CT molecular complexity index is 1070. The molecule has 1 unspecified atom stereocenters. The van der Waals surface area contributed by atoms with Crippen LogP contribution in [0.15, 0.2) is 53.1 Å². The van der Waals surface area contributed by atoms with Crippen LogP contribution in [-0.2, 0) is 4.79 Å². The third-order valence-corrected chi connectivity index (χ3v) is 5.99. The SMILES string of the molecule is CCN(CC)CCCC(C)N(CC(=O)Nc1cc(C)on1)C(=O)c1ccc2ccccc2c1. The molecule has 3 rings (SSSR count). The number of fused-ring (bicyclic) bond motifs is 1. The van der Waals surface area contributed by atoms with E-state index in [0.717, 1.165) is 43.2 Å². The van der Waals surface area contributed by atoms with Gasteiger partial charge in [0, 0.05) is 17.7 Å². The summed E-state index contributed by atoms with van der Waals surface area (Å²) in [5.41, 5.74) is 0.578. The van der Waals surface area contributed by atoms with Gasteiger partial charge in [0.15, 0.2) is 5.82 Å². The topological polar surface area (TPSA) is 78.7 Å². The molecule has 7 nitrogen and oxygen atoms in total. The summed E-state index contributed by atoms with van der Waals surface area (Å²) in [4.78, 5) is 30.3. The van der Waals surface area contributed by atoms with E-state index in [2.05, 4.69) is 29.2 Å². The molecule has 33 heavy (non-hydrogen) atoms. The number of anilines is 1. The zero-order valence-corrected chi connectivity index (χ0v) is 20.0. The summed E-state index contributed by atoms with van der Waals surface area (Å²) in [5.74, 6) is 0.513. The van der Waals surface area contributed by atoms with Crippen molar-refractivity contribution in [1.29, 1.82) is 0 Å². The van der Waals surface area contributed by atoms with Gasteiger partial charge >= 0.3 is 0 Å². The van der Waals surface area contributed by atoms with E-state index in [1.54, 1.807) is 17.9 Å². The van der Waals surface area contributed by atoms with E-state index >= 15 is 0 Å². The minimum atomic E-state index is -0.298. The number of amides is 2. The molecule has 0 saturated heterocycles. The number of nitrogens with zero attached hydrogens (tertiary/aromatic N) is 3. The van der Waals surface area contributed by atoms with E-state index < -0.39 is 0 Å². The minimum absolute atomic E-state index is 0.0516. The van der Waals surface area contributed by atoms with Gasteiger partial charge in [0.1, 0.15) is 12.3 Å². The molecule has 1 heterocycles. The Balaban J connectivity index is 1.76. The van der Waals surface area contributed by atoms with Crippen LogP contribution in [0, 0.1) is 6.92 Å². The predicted octanol–water partition coefficient (Wildman–Crippen LogP) is 4.73. The number of carbonyl (C=O) groups excluding carboxylic acids is 2. The lowest BCUT2D eigenvalue weighted by atomic mass is 10.0. The normalized spacial score (nSPS) is 12.2. The second kappa shape index (κ2) is 11.6. The Morgan fingerprint density at radius 2 is 1.79 bits per heavy atom. The zero-order valence-electron chi connectivity index (χ0n) is 20.0. The van der Waals surface area contributed by atoms with Crippen molar-refractivity contribution in [1.82, 2.24) is 15.0 Å². The lowest BCUT2D eigenvalue weighted by molar-refractivity contribution is -0.117. The van der Waals surface area contributed by atoms with Crippen molar-refractivity contribution in [2.45, 2.75) is 46.6 Å². The maximum absolute atomic E-state index is 13.5. The first-order valence-corrected chi connectivity index (χ1v) is 11.7. The van der Waals surface area contributed by atoms with Crippen LogP contribution in [0.5, 0.6) is 0 Å². The molecule has 7 heteroatoms. The highest BCUT2D eigenvalue weighted by molar-refractivity contribution is 6.01. The van der Waals surface area contributed by atoms with Gasteiger partial charge in [0.25, 0.3) is 5.91 Å². The van der Waals surface area contributed by atoms with Gasteiger partial charge < -0.3 is 19.6 Å². The average molecular weight is 451 g/mol. The molecule has 1 atom stereocenters. The smallest absolute Gasteiger partial charge is 0.254 e. The van der Waals surface area contributed by atoms with E-state index in [1.165, 1.54) is 0 Å². The molecule has 0 bridgehead atoms. The first-order valence-electron chi connectivity index (χ1n) is 11.7. The van der Waals surface area contributed by atoms with Gasteiger partial charge in [-0.15, -0.1) is 0 Å². The molecule has 0 radical (unpaired) electrons. The number of rotatable bonds is 11. The van der Waals surface area contributed by atoms with E-state index in [-0.39, 0.29) is 24.4 Å². The quantitative estimate of drug-likeness (QED) is 0.457. The number of nitrogens with one attached hydrogen (secondary N) is 1. The molecule has 2 amide bonds. The molecule has 0 aliphatic heterocycles. The van der Waals surface area contributed by atoms with Crippen LogP contribution < -0.4 is 5.32 Å². The molecule has 0 aliphatic carbocycles. The maximum Gasteiger partial charge on any atom is 0.254 e. The molecule has 0 saturated carbocycles. The Morgan fingerprint density at radius 1 is 1.06 bits per heavy atom. The van der Waals surface area contributed by atoms with E-state index in [0.29, 0.717) is 17.1 Å². The maximum atomic E-state index is 13.5. The van der Waals surface area contributed by atoms with E-state index in [1.807, 2.05) is 49.4 Å². The number of hydrogen-bond acceptors (Lipinski definition) is 5. The van der Waals surface area contributed by atoms with Gasteiger partial charge in [-0.1, -0.05) is 49.3 Å². The van der Waals surface area contributed by atoms with Crippen molar-refractivity contribution < 1.29 is 14.1 Å². The van der Waals surface area contributed by atoms with Crippen molar-refractivity contribution in [3.63, 3.8) is 0 Å². The van der Waals surface area contributed by atoms with Crippen LogP contribution >= 0.6 is 0 Å². The summed E-state index contributed by atoms with van der Waals surface area (Å²) in [6.45, 7) is 11.0. The van der Waals surface area contributed by atoms with Crippen molar-refractivity contribution in [2.24, 2.45) is 0 Å². The molecular formula is C26H34N4O3. The Hall–Kier alpha value is -3.19. The first kappa shape index (κ1) is 24.5. The van der Waals surface area contributed by atoms with Crippen molar-refractivity contribution >= 4 is 28.4 Å². The van der Waals surface area contributed by atoms with Gasteiger partial charge in [-0.25, -0.2) is 0 Å². The van der Waals surface area contributed by atoms with Crippen LogP contribution in [0.3, 0.4) is 0 Å². The molecule has 176 valence electrons. The summed E-state index contributed by atoms with van der Waals surface area (Å²) >= 11 is 0. The van der Waals surface area contributed by atoms with Crippen LogP contribution in [0.25, 0.3) is 10.8 Å². The Labute approximate surface area is 195 Å². The van der Waals surface area contributed by atoms with Gasteiger partial charge in [-0.2, -0.15) is 0 Å². The molecule has 0 spiro atoms. The summed E-state index contributed by atoms with van der Waals surface area (Å²) in [7, 11) is 0. The zero-order chi connectivity index (χ0) is 23.8. The number of carbonyl (C=O) groups is 2. The largest absolute Gasteiger partial charge is 0.360 e. The number of hydrogen-bond donors (Lipinski definition) is 1. The monoisotopic (exact) mass is 450 g/mol. The first-order chi connectivity index (χ1) is 15.9. The molecule has 2 aromatic carbocycles. The standard InChI is InChI=1S/C26H34N4O3/c1-5-29(6-2)15-9-10-19(3)30(18-25(31)27-24-16-20(4)33-28-24)26(32)23-14-13-21-11-7-8-12-22(21)17-23/h7-8,11-14,16-17,19H,5-6,9-10,15,18H2,1-4H3,(H,27,28,31).